The van der Waals surface area contributed by atoms with E-state index in [0.29, 0.717) is 28.2 Å². The number of benzene rings is 1. The number of nitrogens with one attached hydrogen (secondary N) is 2. The lowest BCUT2D eigenvalue weighted by molar-refractivity contribution is -0.116. The van der Waals surface area contributed by atoms with Crippen LogP contribution in [0.3, 0.4) is 0 Å². The van der Waals surface area contributed by atoms with Crippen LogP contribution in [0.2, 0.25) is 10.0 Å². The predicted molar refractivity (Wildman–Crippen MR) is 90.7 cm³/mol. The molecule has 0 saturated carbocycles. The SMILES string of the molecule is O=C(CCN1CCC2NCCC2C1)Nc1cc(Cl)ccc1Cl. The molecule has 4 nitrogen and oxygen atoms in total. The predicted octanol–water partition coefficient (Wildman–Crippen LogP) is 3.01. The molecule has 2 aliphatic heterocycles. The topological polar surface area (TPSA) is 44.4 Å². The van der Waals surface area contributed by atoms with Crippen LogP contribution in [0.5, 0.6) is 0 Å². The minimum atomic E-state index is -0.0177. The third-order valence-corrected chi connectivity index (χ3v) is 5.16. The molecule has 0 aromatic heterocycles. The van der Waals surface area contributed by atoms with E-state index in [1.165, 1.54) is 12.8 Å². The van der Waals surface area contributed by atoms with Gasteiger partial charge in [0.25, 0.3) is 0 Å². The molecule has 2 heterocycles. The fourth-order valence-corrected chi connectivity index (χ4v) is 3.73. The van der Waals surface area contributed by atoms with E-state index in [-0.39, 0.29) is 5.91 Å². The van der Waals surface area contributed by atoms with Crippen LogP contribution in [0.4, 0.5) is 5.69 Å². The summed E-state index contributed by atoms with van der Waals surface area (Å²) in [6.45, 7) is 4.10. The van der Waals surface area contributed by atoms with Gasteiger partial charge in [-0.15, -0.1) is 0 Å². The summed E-state index contributed by atoms with van der Waals surface area (Å²) in [6, 6.07) is 5.77. The third kappa shape index (κ3) is 3.93. The Hall–Kier alpha value is -0.810. The maximum Gasteiger partial charge on any atom is 0.225 e. The fraction of sp³-hybridized carbons (Fsp3) is 0.562. The van der Waals surface area contributed by atoms with Crippen molar-refractivity contribution in [2.45, 2.75) is 25.3 Å². The van der Waals surface area contributed by atoms with Gasteiger partial charge in [-0.25, -0.2) is 0 Å². The molecule has 6 heteroatoms. The number of anilines is 1. The molecule has 1 amide bonds. The van der Waals surface area contributed by atoms with Crippen LogP contribution in [0.25, 0.3) is 0 Å². The summed E-state index contributed by atoms with van der Waals surface area (Å²) in [6.07, 6.45) is 2.92. The summed E-state index contributed by atoms with van der Waals surface area (Å²) < 4.78 is 0. The van der Waals surface area contributed by atoms with Crippen molar-refractivity contribution in [2.24, 2.45) is 5.92 Å². The van der Waals surface area contributed by atoms with Crippen molar-refractivity contribution in [3.8, 4) is 0 Å². The van der Waals surface area contributed by atoms with Crippen molar-refractivity contribution in [3.05, 3.63) is 28.2 Å². The van der Waals surface area contributed by atoms with Crippen LogP contribution < -0.4 is 10.6 Å². The second kappa shape index (κ2) is 7.18. The van der Waals surface area contributed by atoms with Gasteiger partial charge in [0.2, 0.25) is 5.91 Å². The van der Waals surface area contributed by atoms with Crippen LogP contribution in [0.15, 0.2) is 18.2 Å². The molecule has 2 saturated heterocycles. The molecule has 1 aromatic carbocycles. The first-order valence-electron chi connectivity index (χ1n) is 7.82. The highest BCUT2D eigenvalue weighted by Crippen LogP contribution is 2.26. The Bertz CT molecular complexity index is 552. The zero-order chi connectivity index (χ0) is 15.5. The van der Waals surface area contributed by atoms with Crippen molar-refractivity contribution in [3.63, 3.8) is 0 Å². The van der Waals surface area contributed by atoms with Gasteiger partial charge in [0.1, 0.15) is 0 Å². The first kappa shape index (κ1) is 16.1. The number of amides is 1. The summed E-state index contributed by atoms with van der Waals surface area (Å²) in [5.74, 6) is 0.732. The highest BCUT2D eigenvalue weighted by Gasteiger charge is 2.32. The number of hydrogen-bond acceptors (Lipinski definition) is 3. The van der Waals surface area contributed by atoms with Crippen LogP contribution in [-0.4, -0.2) is 43.0 Å². The minimum Gasteiger partial charge on any atom is -0.325 e. The third-order valence-electron chi connectivity index (χ3n) is 4.60. The first-order valence-corrected chi connectivity index (χ1v) is 8.58. The minimum absolute atomic E-state index is 0.0177. The average Bonchev–Trinajstić information content (AvgIpc) is 2.96. The van der Waals surface area contributed by atoms with E-state index in [2.05, 4.69) is 15.5 Å². The van der Waals surface area contributed by atoms with Crippen molar-refractivity contribution < 1.29 is 4.79 Å². The smallest absolute Gasteiger partial charge is 0.225 e. The number of hydrogen-bond donors (Lipinski definition) is 2. The van der Waals surface area contributed by atoms with E-state index in [1.807, 2.05) is 0 Å². The molecule has 22 heavy (non-hydrogen) atoms. The van der Waals surface area contributed by atoms with E-state index in [4.69, 9.17) is 23.2 Å². The number of carbonyl (C=O) groups excluding carboxylic acids is 1. The molecule has 2 N–H and O–H groups in total. The second-order valence-electron chi connectivity index (χ2n) is 6.12. The first-order chi connectivity index (χ1) is 10.6. The molecular weight excluding hydrogens is 321 g/mol. The summed E-state index contributed by atoms with van der Waals surface area (Å²) in [5, 5.41) is 7.47. The quantitative estimate of drug-likeness (QED) is 0.884. The standard InChI is InChI=1S/C16H21Cl2N3O/c17-12-1-2-13(18)15(9-12)20-16(22)5-8-21-7-4-14-11(10-21)3-6-19-14/h1-2,9,11,14,19H,3-8,10H2,(H,20,22). The molecule has 2 unspecified atom stereocenters. The van der Waals surface area contributed by atoms with Gasteiger partial charge >= 0.3 is 0 Å². The van der Waals surface area contributed by atoms with Gasteiger partial charge < -0.3 is 15.5 Å². The van der Waals surface area contributed by atoms with Crippen LogP contribution in [0.1, 0.15) is 19.3 Å². The number of carbonyl (C=O) groups is 1. The van der Waals surface area contributed by atoms with Gasteiger partial charge in [0.15, 0.2) is 0 Å². The van der Waals surface area contributed by atoms with Crippen molar-refractivity contribution in [2.75, 3.05) is 31.5 Å². The summed E-state index contributed by atoms with van der Waals surface area (Å²) in [5.41, 5.74) is 0.581. The lowest BCUT2D eigenvalue weighted by atomic mass is 9.93. The Morgan fingerprint density at radius 1 is 1.36 bits per heavy atom. The lowest BCUT2D eigenvalue weighted by Crippen LogP contribution is -2.45. The van der Waals surface area contributed by atoms with Gasteiger partial charge in [-0.1, -0.05) is 23.2 Å². The van der Waals surface area contributed by atoms with E-state index in [0.717, 1.165) is 32.1 Å². The maximum atomic E-state index is 12.1. The molecule has 2 fully saturated rings. The monoisotopic (exact) mass is 341 g/mol. The fourth-order valence-electron chi connectivity index (χ4n) is 3.39. The number of piperidine rings is 1. The van der Waals surface area contributed by atoms with Gasteiger partial charge in [0.05, 0.1) is 10.7 Å². The highest BCUT2D eigenvalue weighted by molar-refractivity contribution is 6.35. The van der Waals surface area contributed by atoms with Gasteiger partial charge in [-0.05, 0) is 50.0 Å². The number of fused-ring (bicyclic) bond motifs is 1. The molecule has 1 aromatic rings. The molecule has 120 valence electrons. The largest absolute Gasteiger partial charge is 0.325 e. The lowest BCUT2D eigenvalue weighted by Gasteiger charge is -2.34. The summed E-state index contributed by atoms with van der Waals surface area (Å²) >= 11 is 12.0. The van der Waals surface area contributed by atoms with E-state index >= 15 is 0 Å². The van der Waals surface area contributed by atoms with Crippen molar-refractivity contribution >= 4 is 34.8 Å². The van der Waals surface area contributed by atoms with Crippen LogP contribution in [0, 0.1) is 5.92 Å². The zero-order valence-electron chi connectivity index (χ0n) is 12.4. The molecule has 2 aliphatic rings. The van der Waals surface area contributed by atoms with E-state index < -0.39 is 0 Å². The number of rotatable bonds is 4. The summed E-state index contributed by atoms with van der Waals surface area (Å²) in [4.78, 5) is 14.5. The number of nitrogens with zero attached hydrogens (tertiary/aromatic N) is 1. The molecule has 0 radical (unpaired) electrons. The van der Waals surface area contributed by atoms with E-state index in [9.17, 15) is 4.79 Å². The van der Waals surface area contributed by atoms with Crippen molar-refractivity contribution in [1.82, 2.24) is 10.2 Å². The number of halogens is 2. The van der Waals surface area contributed by atoms with Crippen LogP contribution >= 0.6 is 23.2 Å². The summed E-state index contributed by atoms with van der Waals surface area (Å²) in [7, 11) is 0. The van der Waals surface area contributed by atoms with Gasteiger partial charge in [0, 0.05) is 30.6 Å². The molecule has 0 bridgehead atoms. The Labute approximate surface area is 141 Å². The highest BCUT2D eigenvalue weighted by atomic mass is 35.5. The molecular formula is C16H21Cl2N3O. The Morgan fingerprint density at radius 2 is 2.23 bits per heavy atom. The average molecular weight is 342 g/mol. The molecule has 2 atom stereocenters. The maximum absolute atomic E-state index is 12.1. The Balaban J connectivity index is 1.47. The molecule has 3 rings (SSSR count). The Kier molecular flexibility index (Phi) is 5.24. The second-order valence-corrected chi connectivity index (χ2v) is 6.96. The zero-order valence-corrected chi connectivity index (χ0v) is 14.0. The van der Waals surface area contributed by atoms with Crippen LogP contribution in [-0.2, 0) is 4.79 Å². The molecule has 0 spiro atoms. The van der Waals surface area contributed by atoms with Gasteiger partial charge in [-0.3, -0.25) is 4.79 Å². The molecule has 0 aliphatic carbocycles. The van der Waals surface area contributed by atoms with Gasteiger partial charge in [-0.2, -0.15) is 0 Å². The van der Waals surface area contributed by atoms with Crippen molar-refractivity contribution in [1.29, 1.82) is 0 Å². The Morgan fingerprint density at radius 3 is 3.09 bits per heavy atom. The number of likely N-dealkylation sites (tertiary alicyclic amines) is 1. The normalized spacial score (nSPS) is 25.0. The van der Waals surface area contributed by atoms with E-state index in [1.54, 1.807) is 18.2 Å².